The Morgan fingerprint density at radius 2 is 2.19 bits per heavy atom. The molecule has 1 saturated heterocycles. The summed E-state index contributed by atoms with van der Waals surface area (Å²) in [6.07, 6.45) is 0.484. The summed E-state index contributed by atoms with van der Waals surface area (Å²) >= 11 is 11.8. The van der Waals surface area contributed by atoms with Gasteiger partial charge in [-0.1, -0.05) is 23.2 Å². The normalized spacial score (nSPS) is 18.1. The van der Waals surface area contributed by atoms with Crippen molar-refractivity contribution < 1.29 is 14.3 Å². The first-order valence-electron chi connectivity index (χ1n) is 6.57. The molecular weight excluding hydrogens is 315 g/mol. The van der Waals surface area contributed by atoms with E-state index in [2.05, 4.69) is 5.32 Å². The molecule has 0 aromatic heterocycles. The summed E-state index contributed by atoms with van der Waals surface area (Å²) < 4.78 is 4.86. The van der Waals surface area contributed by atoms with Crippen molar-refractivity contribution in [3.8, 4) is 0 Å². The lowest BCUT2D eigenvalue weighted by Crippen LogP contribution is -2.38. The van der Waals surface area contributed by atoms with Crippen molar-refractivity contribution in [2.24, 2.45) is 5.92 Å². The van der Waals surface area contributed by atoms with E-state index in [0.29, 0.717) is 41.8 Å². The van der Waals surface area contributed by atoms with Gasteiger partial charge >= 0.3 is 0 Å². The zero-order valence-corrected chi connectivity index (χ0v) is 13.1. The topological polar surface area (TPSA) is 58.6 Å². The molecule has 0 saturated carbocycles. The first-order chi connectivity index (χ1) is 10.0. The lowest BCUT2D eigenvalue weighted by atomic mass is 10.1. The van der Waals surface area contributed by atoms with Crippen molar-refractivity contribution in [2.75, 3.05) is 31.7 Å². The Hall–Kier alpha value is -1.30. The fourth-order valence-corrected chi connectivity index (χ4v) is 2.52. The molecule has 1 aliphatic heterocycles. The smallest absolute Gasteiger partial charge is 0.239 e. The molecule has 2 rings (SSSR count). The summed E-state index contributed by atoms with van der Waals surface area (Å²) in [4.78, 5) is 25.9. The maximum Gasteiger partial charge on any atom is 0.239 e. The average Bonchev–Trinajstić information content (AvgIpc) is 2.84. The molecular formula is C14H16Cl2N2O3. The van der Waals surface area contributed by atoms with Gasteiger partial charge in [0, 0.05) is 25.9 Å². The van der Waals surface area contributed by atoms with E-state index in [1.807, 2.05) is 0 Å². The lowest BCUT2D eigenvalue weighted by molar-refractivity contribution is -0.132. The Bertz CT molecular complexity index is 551. The van der Waals surface area contributed by atoms with Crippen LogP contribution in [-0.4, -0.2) is 38.6 Å². The Morgan fingerprint density at radius 1 is 1.43 bits per heavy atom. The van der Waals surface area contributed by atoms with E-state index >= 15 is 0 Å². The number of benzene rings is 1. The van der Waals surface area contributed by atoms with Crippen molar-refractivity contribution >= 4 is 40.7 Å². The number of carbonyl (C=O) groups is 2. The number of nitrogens with zero attached hydrogens (tertiary/aromatic N) is 1. The van der Waals surface area contributed by atoms with Crippen LogP contribution in [0.1, 0.15) is 6.42 Å². The largest absolute Gasteiger partial charge is 0.383 e. The second-order valence-electron chi connectivity index (χ2n) is 4.71. The van der Waals surface area contributed by atoms with Crippen LogP contribution in [0.15, 0.2) is 18.2 Å². The first kappa shape index (κ1) is 16.1. The van der Waals surface area contributed by atoms with Gasteiger partial charge in [0.2, 0.25) is 11.8 Å². The number of ether oxygens (including phenoxy) is 1. The molecule has 0 radical (unpaired) electrons. The number of nitrogens with one attached hydrogen (secondary N) is 1. The third-order valence-corrected chi connectivity index (χ3v) is 4.08. The zero-order chi connectivity index (χ0) is 15.4. The van der Waals surface area contributed by atoms with Crippen molar-refractivity contribution in [2.45, 2.75) is 6.42 Å². The monoisotopic (exact) mass is 330 g/mol. The molecule has 0 spiro atoms. The first-order valence-corrected chi connectivity index (χ1v) is 7.33. The summed E-state index contributed by atoms with van der Waals surface area (Å²) in [6.45, 7) is 1.30. The number of amides is 2. The number of methoxy groups -OCH3 is 1. The molecule has 1 aliphatic rings. The summed E-state index contributed by atoms with van der Waals surface area (Å²) in [5.74, 6) is -1.14. The van der Waals surface area contributed by atoms with Crippen LogP contribution in [0.25, 0.3) is 0 Å². The van der Waals surface area contributed by atoms with E-state index in [1.165, 1.54) is 0 Å². The minimum atomic E-state index is -0.656. The van der Waals surface area contributed by atoms with Gasteiger partial charge in [-0.05, 0) is 24.6 Å². The minimum absolute atomic E-state index is 0.219. The van der Waals surface area contributed by atoms with Gasteiger partial charge in [0.15, 0.2) is 0 Å². The number of carbonyl (C=O) groups excluding carboxylic acids is 2. The fraction of sp³-hybridized carbons (Fsp3) is 0.429. The van der Waals surface area contributed by atoms with Crippen molar-refractivity contribution in [1.29, 1.82) is 0 Å². The molecule has 0 bridgehead atoms. The minimum Gasteiger partial charge on any atom is -0.383 e. The van der Waals surface area contributed by atoms with Crippen LogP contribution in [0.2, 0.25) is 10.0 Å². The molecule has 1 fully saturated rings. The number of hydrogen-bond acceptors (Lipinski definition) is 3. The van der Waals surface area contributed by atoms with Crippen LogP contribution < -0.4 is 10.2 Å². The molecule has 114 valence electrons. The van der Waals surface area contributed by atoms with Crippen molar-refractivity contribution in [3.05, 3.63) is 28.2 Å². The van der Waals surface area contributed by atoms with Crippen molar-refractivity contribution in [1.82, 2.24) is 5.32 Å². The van der Waals surface area contributed by atoms with Crippen LogP contribution in [0.4, 0.5) is 5.69 Å². The number of hydrogen-bond donors (Lipinski definition) is 1. The number of anilines is 1. The van der Waals surface area contributed by atoms with Crippen LogP contribution >= 0.6 is 23.2 Å². The quantitative estimate of drug-likeness (QED) is 0.664. The van der Waals surface area contributed by atoms with Crippen molar-refractivity contribution in [3.63, 3.8) is 0 Å². The van der Waals surface area contributed by atoms with Gasteiger partial charge in [-0.3, -0.25) is 9.59 Å². The molecule has 1 aromatic rings. The molecule has 5 nitrogen and oxygen atoms in total. The molecule has 1 N–H and O–H groups in total. The number of rotatable bonds is 5. The second kappa shape index (κ2) is 7.11. The van der Waals surface area contributed by atoms with Gasteiger partial charge in [-0.15, -0.1) is 0 Å². The highest BCUT2D eigenvalue weighted by atomic mass is 35.5. The highest BCUT2D eigenvalue weighted by Crippen LogP contribution is 2.31. The lowest BCUT2D eigenvalue weighted by Gasteiger charge is -2.17. The van der Waals surface area contributed by atoms with Crippen LogP contribution in [0, 0.1) is 5.92 Å². The van der Waals surface area contributed by atoms with E-state index in [4.69, 9.17) is 27.9 Å². The SMILES string of the molecule is COCCNC(=O)C1CCN(c2ccc(Cl)c(Cl)c2)C1=O. The Labute approximate surface area is 133 Å². The maximum absolute atomic E-state index is 12.3. The van der Waals surface area contributed by atoms with Gasteiger partial charge in [0.1, 0.15) is 5.92 Å². The Balaban J connectivity index is 2.03. The molecule has 2 amide bonds. The summed E-state index contributed by atoms with van der Waals surface area (Å²) in [6, 6.07) is 4.99. The second-order valence-corrected chi connectivity index (χ2v) is 5.53. The van der Waals surface area contributed by atoms with Gasteiger partial charge in [0.25, 0.3) is 0 Å². The van der Waals surface area contributed by atoms with E-state index in [9.17, 15) is 9.59 Å². The molecule has 0 aliphatic carbocycles. The molecule has 1 unspecified atom stereocenters. The molecule has 21 heavy (non-hydrogen) atoms. The van der Waals surface area contributed by atoms with E-state index in [1.54, 1.807) is 30.2 Å². The predicted octanol–water partition coefficient (Wildman–Crippen LogP) is 2.11. The van der Waals surface area contributed by atoms with Crippen LogP contribution in [-0.2, 0) is 14.3 Å². The van der Waals surface area contributed by atoms with Gasteiger partial charge in [0.05, 0.1) is 16.7 Å². The maximum atomic E-state index is 12.3. The highest BCUT2D eigenvalue weighted by molar-refractivity contribution is 6.42. The summed E-state index contributed by atoms with van der Waals surface area (Å²) in [5, 5.41) is 3.51. The van der Waals surface area contributed by atoms with Gasteiger partial charge in [-0.25, -0.2) is 0 Å². The summed E-state index contributed by atoms with van der Waals surface area (Å²) in [5.41, 5.74) is 0.654. The zero-order valence-electron chi connectivity index (χ0n) is 11.6. The predicted molar refractivity (Wildman–Crippen MR) is 81.8 cm³/mol. The van der Waals surface area contributed by atoms with Crippen LogP contribution in [0.3, 0.4) is 0 Å². The van der Waals surface area contributed by atoms with E-state index < -0.39 is 5.92 Å². The average molecular weight is 331 g/mol. The molecule has 1 heterocycles. The third kappa shape index (κ3) is 3.67. The van der Waals surface area contributed by atoms with Gasteiger partial charge in [-0.2, -0.15) is 0 Å². The summed E-state index contributed by atoms with van der Waals surface area (Å²) in [7, 11) is 1.55. The van der Waals surface area contributed by atoms with E-state index in [0.717, 1.165) is 0 Å². The van der Waals surface area contributed by atoms with E-state index in [-0.39, 0.29) is 11.8 Å². The van der Waals surface area contributed by atoms with Crippen LogP contribution in [0.5, 0.6) is 0 Å². The Morgan fingerprint density at radius 3 is 2.86 bits per heavy atom. The number of halogens is 2. The molecule has 1 atom stereocenters. The molecule has 7 heteroatoms. The third-order valence-electron chi connectivity index (χ3n) is 3.34. The van der Waals surface area contributed by atoms with Gasteiger partial charge < -0.3 is 15.0 Å². The standard InChI is InChI=1S/C14H16Cl2N2O3/c1-21-7-5-17-13(19)10-4-6-18(14(10)20)9-2-3-11(15)12(16)8-9/h2-3,8,10H,4-7H2,1H3,(H,17,19). The molecule has 1 aromatic carbocycles. The Kier molecular flexibility index (Phi) is 5.45. The fourth-order valence-electron chi connectivity index (χ4n) is 2.23. The highest BCUT2D eigenvalue weighted by Gasteiger charge is 2.37.